The molecule has 0 aliphatic heterocycles. The van der Waals surface area contributed by atoms with Crippen molar-refractivity contribution in [3.05, 3.63) is 65.4 Å². The Morgan fingerprint density at radius 2 is 2.20 bits per heavy atom. The molecule has 0 bridgehead atoms. The largest absolute Gasteiger partial charge is 0.378 e. The first kappa shape index (κ1) is 20.1. The summed E-state index contributed by atoms with van der Waals surface area (Å²) in [6, 6.07) is 2.88. The van der Waals surface area contributed by atoms with Gasteiger partial charge >= 0.3 is 0 Å². The van der Waals surface area contributed by atoms with Crippen molar-refractivity contribution >= 4 is 34.1 Å². The summed E-state index contributed by atoms with van der Waals surface area (Å²) in [5.74, 6) is 6.16. The molecule has 30 heavy (non-hydrogen) atoms. The predicted molar refractivity (Wildman–Crippen MR) is 116 cm³/mol. The predicted octanol–water partition coefficient (Wildman–Crippen LogP) is 4.05. The minimum Gasteiger partial charge on any atom is -0.378 e. The maximum Gasteiger partial charge on any atom is 0.257 e. The zero-order valence-electron chi connectivity index (χ0n) is 16.5. The Hall–Kier alpha value is -3.21. The number of likely N-dealkylation sites (N-methyl/N-ethyl adjacent to an activating group) is 1. The van der Waals surface area contributed by atoms with Crippen LogP contribution in [0.2, 0.25) is 5.02 Å². The molecular weight excluding hydrogens is 405 g/mol. The fraction of sp³-hybridized carbons (Fsp3) is 0.227. The third kappa shape index (κ3) is 3.67. The van der Waals surface area contributed by atoms with E-state index in [1.807, 2.05) is 26.1 Å². The molecule has 0 spiro atoms. The van der Waals surface area contributed by atoms with Gasteiger partial charge in [-0.15, -0.1) is 10.2 Å². The highest BCUT2D eigenvalue weighted by Gasteiger charge is 2.38. The summed E-state index contributed by atoms with van der Waals surface area (Å²) in [6.45, 7) is 5.68. The molecule has 0 saturated heterocycles. The number of allylic oxidation sites excluding steroid dienone is 4. The summed E-state index contributed by atoms with van der Waals surface area (Å²) in [6.07, 6.45) is 8.21. The van der Waals surface area contributed by atoms with E-state index >= 15 is 0 Å². The molecular formula is C22H19ClFN5O. The zero-order valence-corrected chi connectivity index (χ0v) is 17.3. The first-order valence-corrected chi connectivity index (χ1v) is 9.71. The lowest BCUT2D eigenvalue weighted by molar-refractivity contribution is 0.212. The number of aromatic nitrogens is 4. The van der Waals surface area contributed by atoms with Gasteiger partial charge in [-0.05, 0) is 38.0 Å². The van der Waals surface area contributed by atoms with Crippen molar-refractivity contribution in [2.75, 3.05) is 11.9 Å². The number of anilines is 1. The summed E-state index contributed by atoms with van der Waals surface area (Å²) in [7, 11) is 1.82. The van der Waals surface area contributed by atoms with Crippen molar-refractivity contribution in [2.45, 2.75) is 25.4 Å². The summed E-state index contributed by atoms with van der Waals surface area (Å²) >= 11 is 6.01. The van der Waals surface area contributed by atoms with Crippen molar-refractivity contribution in [1.82, 2.24) is 19.6 Å². The van der Waals surface area contributed by atoms with Crippen LogP contribution in [0.5, 0.6) is 0 Å². The van der Waals surface area contributed by atoms with E-state index in [-0.39, 0.29) is 5.02 Å². The Labute approximate surface area is 178 Å². The molecule has 0 atom stereocenters. The summed E-state index contributed by atoms with van der Waals surface area (Å²) in [4.78, 5) is 6.37. The highest BCUT2D eigenvalue weighted by Crippen LogP contribution is 2.34. The fourth-order valence-electron chi connectivity index (χ4n) is 3.03. The number of halogens is 2. The molecule has 0 unspecified atom stereocenters. The van der Waals surface area contributed by atoms with Crippen LogP contribution in [0, 0.1) is 17.7 Å². The molecule has 8 heteroatoms. The van der Waals surface area contributed by atoms with Gasteiger partial charge in [0.25, 0.3) is 5.78 Å². The van der Waals surface area contributed by atoms with Gasteiger partial charge in [-0.1, -0.05) is 42.2 Å². The molecule has 0 amide bonds. The average Bonchev–Trinajstić information content (AvgIpc) is 3.28. The number of benzene rings is 1. The molecule has 4 rings (SSSR count). The van der Waals surface area contributed by atoms with Crippen LogP contribution in [0.3, 0.4) is 0 Å². The highest BCUT2D eigenvalue weighted by molar-refractivity contribution is 6.31. The van der Waals surface area contributed by atoms with E-state index in [1.165, 1.54) is 18.5 Å². The number of hydrogen-bond donors (Lipinski definition) is 1. The highest BCUT2D eigenvalue weighted by atomic mass is 35.5. The molecule has 2 aromatic heterocycles. The zero-order chi connectivity index (χ0) is 21.5. The molecule has 1 fully saturated rings. The Morgan fingerprint density at radius 1 is 1.43 bits per heavy atom. The van der Waals surface area contributed by atoms with E-state index in [4.69, 9.17) is 11.6 Å². The summed E-state index contributed by atoms with van der Waals surface area (Å²) in [5, 5.41) is 18.4. The Morgan fingerprint density at radius 3 is 2.87 bits per heavy atom. The molecule has 3 aromatic rings. The SMILES string of the molecule is C=C/C(C#CC1(O)CC1)=C\C(=C/C)N(C)c1nc2nncn2c2cc(Cl)c(F)cc12. The number of fused-ring (bicyclic) bond motifs is 3. The van der Waals surface area contributed by atoms with Gasteiger partial charge in [-0.2, -0.15) is 4.98 Å². The first-order valence-electron chi connectivity index (χ1n) is 9.33. The van der Waals surface area contributed by atoms with E-state index in [1.54, 1.807) is 15.4 Å². The lowest BCUT2D eigenvalue weighted by Gasteiger charge is -2.22. The van der Waals surface area contributed by atoms with Gasteiger partial charge in [-0.3, -0.25) is 4.40 Å². The van der Waals surface area contributed by atoms with E-state index in [2.05, 4.69) is 33.6 Å². The standard InChI is InChI=1S/C22H19ClFN5O/c1-4-14(6-7-22(30)8-9-22)10-15(5-2)28(3)20-16-11-18(24)17(23)12-19(16)29-13-25-27-21(29)26-20/h4-5,10-13,30H,1,8-9H2,2-3H3/b14-10+,15-5+. The molecule has 1 aromatic carbocycles. The topological polar surface area (TPSA) is 66.5 Å². The van der Waals surface area contributed by atoms with Crippen molar-refractivity contribution in [3.63, 3.8) is 0 Å². The molecule has 0 radical (unpaired) electrons. The fourth-order valence-corrected chi connectivity index (χ4v) is 3.19. The van der Waals surface area contributed by atoms with Gasteiger partial charge in [-0.25, -0.2) is 4.39 Å². The third-order valence-corrected chi connectivity index (χ3v) is 5.25. The number of hydrogen-bond acceptors (Lipinski definition) is 5. The second kappa shape index (κ2) is 7.56. The van der Waals surface area contributed by atoms with Crippen LogP contribution in [0.25, 0.3) is 16.7 Å². The molecule has 1 aliphatic rings. The van der Waals surface area contributed by atoms with Crippen LogP contribution in [-0.4, -0.2) is 37.3 Å². The van der Waals surface area contributed by atoms with Gasteiger partial charge in [0.1, 0.15) is 23.6 Å². The van der Waals surface area contributed by atoms with Crippen molar-refractivity contribution in [2.24, 2.45) is 0 Å². The summed E-state index contributed by atoms with van der Waals surface area (Å²) in [5.41, 5.74) is 1.17. The third-order valence-electron chi connectivity index (χ3n) is 4.96. The van der Waals surface area contributed by atoms with Crippen molar-refractivity contribution in [3.8, 4) is 11.8 Å². The molecule has 2 heterocycles. The van der Waals surface area contributed by atoms with E-state index in [0.717, 1.165) is 5.70 Å². The second-order valence-electron chi connectivity index (χ2n) is 7.08. The Bertz CT molecular complexity index is 1290. The summed E-state index contributed by atoms with van der Waals surface area (Å²) < 4.78 is 15.9. The van der Waals surface area contributed by atoms with Crippen LogP contribution >= 0.6 is 11.6 Å². The first-order chi connectivity index (χ1) is 14.3. The molecule has 1 aliphatic carbocycles. The van der Waals surface area contributed by atoms with Crippen LogP contribution in [0.15, 0.2) is 54.5 Å². The lowest BCUT2D eigenvalue weighted by Crippen LogP contribution is -2.18. The quantitative estimate of drug-likeness (QED) is 0.506. The molecule has 1 saturated carbocycles. The molecule has 152 valence electrons. The van der Waals surface area contributed by atoms with Crippen LogP contribution in [-0.2, 0) is 0 Å². The molecule has 1 N–H and O–H groups in total. The minimum atomic E-state index is -0.878. The monoisotopic (exact) mass is 423 g/mol. The Kier molecular flexibility index (Phi) is 5.06. The van der Waals surface area contributed by atoms with Gasteiger partial charge in [0, 0.05) is 23.7 Å². The van der Waals surface area contributed by atoms with Crippen molar-refractivity contribution < 1.29 is 9.50 Å². The number of nitrogens with zero attached hydrogens (tertiary/aromatic N) is 5. The second-order valence-corrected chi connectivity index (χ2v) is 7.48. The van der Waals surface area contributed by atoms with Crippen LogP contribution in [0.4, 0.5) is 10.2 Å². The Balaban J connectivity index is 1.83. The minimum absolute atomic E-state index is 0.00526. The van der Waals surface area contributed by atoms with Crippen LogP contribution < -0.4 is 4.90 Å². The maximum atomic E-state index is 14.3. The average molecular weight is 424 g/mol. The normalized spacial score (nSPS) is 15.8. The van der Waals surface area contributed by atoms with Gasteiger partial charge in [0.05, 0.1) is 10.5 Å². The van der Waals surface area contributed by atoms with E-state index in [0.29, 0.717) is 40.9 Å². The number of aliphatic hydroxyl groups is 1. The van der Waals surface area contributed by atoms with Gasteiger partial charge < -0.3 is 10.0 Å². The number of rotatable bonds is 4. The van der Waals surface area contributed by atoms with Crippen molar-refractivity contribution in [1.29, 1.82) is 0 Å². The van der Waals surface area contributed by atoms with E-state index in [9.17, 15) is 9.50 Å². The van der Waals surface area contributed by atoms with E-state index < -0.39 is 11.4 Å². The smallest absolute Gasteiger partial charge is 0.257 e. The van der Waals surface area contributed by atoms with Gasteiger partial charge in [0.15, 0.2) is 0 Å². The maximum absolute atomic E-state index is 14.3. The molecule has 6 nitrogen and oxygen atoms in total. The van der Waals surface area contributed by atoms with Crippen LogP contribution in [0.1, 0.15) is 19.8 Å². The lowest BCUT2D eigenvalue weighted by atomic mass is 10.1. The van der Waals surface area contributed by atoms with Gasteiger partial charge in [0.2, 0.25) is 0 Å².